The van der Waals surface area contributed by atoms with Gasteiger partial charge in [-0.3, -0.25) is 0 Å². The van der Waals surface area contributed by atoms with Gasteiger partial charge in [0.05, 0.1) is 19.6 Å². The van der Waals surface area contributed by atoms with Crippen molar-refractivity contribution in [1.29, 1.82) is 0 Å². The van der Waals surface area contributed by atoms with Crippen LogP contribution in [-0.4, -0.2) is 37.6 Å². The van der Waals surface area contributed by atoms with Crippen LogP contribution in [0.1, 0.15) is 18.6 Å². The van der Waals surface area contributed by atoms with E-state index < -0.39 is 5.54 Å². The van der Waals surface area contributed by atoms with E-state index in [1.165, 1.54) is 0 Å². The molecule has 0 radical (unpaired) electrons. The van der Waals surface area contributed by atoms with Gasteiger partial charge in [0.25, 0.3) is 0 Å². The number of hydrogen-bond acceptors (Lipinski definition) is 6. The predicted molar refractivity (Wildman–Crippen MR) is 53.3 cm³/mol. The average Bonchev–Trinajstić information content (AvgIpc) is 2.63. The molecule has 1 atom stereocenters. The maximum absolute atomic E-state index is 5.95. The number of nitrogens with two attached hydrogens (primary N) is 1. The predicted octanol–water partition coefficient (Wildman–Crippen LogP) is 0.0788. The fourth-order valence-corrected chi connectivity index (χ4v) is 1.14. The molecule has 0 saturated carbocycles. The van der Waals surface area contributed by atoms with E-state index in [2.05, 4.69) is 10.1 Å². The molecule has 0 bridgehead atoms. The van der Waals surface area contributed by atoms with Crippen molar-refractivity contribution in [3.8, 4) is 0 Å². The van der Waals surface area contributed by atoms with E-state index in [0.29, 0.717) is 31.3 Å². The maximum Gasteiger partial charge on any atom is 0.229 e. The summed E-state index contributed by atoms with van der Waals surface area (Å²) in [6.07, 6.45) is 0.590. The quantitative estimate of drug-likeness (QED) is 0.723. The van der Waals surface area contributed by atoms with Crippen LogP contribution in [0.3, 0.4) is 0 Å². The fraction of sp³-hybridized carbons (Fsp3) is 0.778. The number of hydrogen-bond donors (Lipinski definition) is 1. The molecule has 1 heterocycles. The molecule has 2 N–H and O–H groups in total. The largest absolute Gasteiger partial charge is 0.384 e. The molecule has 1 aromatic rings. The lowest BCUT2D eigenvalue weighted by molar-refractivity contribution is 0.135. The molecule has 0 fully saturated rings. The van der Waals surface area contributed by atoms with Gasteiger partial charge in [-0.1, -0.05) is 5.16 Å². The smallest absolute Gasteiger partial charge is 0.229 e. The highest BCUT2D eigenvalue weighted by Gasteiger charge is 2.27. The van der Waals surface area contributed by atoms with E-state index in [1.54, 1.807) is 21.1 Å². The number of aromatic nitrogens is 2. The van der Waals surface area contributed by atoms with E-state index in [4.69, 9.17) is 19.7 Å². The van der Waals surface area contributed by atoms with Crippen molar-refractivity contribution >= 4 is 0 Å². The van der Waals surface area contributed by atoms with Crippen LogP contribution in [0.25, 0.3) is 0 Å². The third-order valence-corrected chi connectivity index (χ3v) is 1.94. The summed E-state index contributed by atoms with van der Waals surface area (Å²) in [5.74, 6) is 0.982. The van der Waals surface area contributed by atoms with Crippen molar-refractivity contribution in [2.75, 3.05) is 27.4 Å². The summed E-state index contributed by atoms with van der Waals surface area (Å²) < 4.78 is 14.9. The molecule has 1 unspecified atom stereocenters. The van der Waals surface area contributed by atoms with Crippen LogP contribution in [0, 0.1) is 0 Å². The molecule has 86 valence electrons. The van der Waals surface area contributed by atoms with E-state index in [0.717, 1.165) is 0 Å². The first-order chi connectivity index (χ1) is 7.10. The summed E-state index contributed by atoms with van der Waals surface area (Å²) in [4.78, 5) is 4.18. The van der Waals surface area contributed by atoms with Gasteiger partial charge in [-0.25, -0.2) is 0 Å². The minimum Gasteiger partial charge on any atom is -0.384 e. The molecule has 1 rings (SSSR count). The van der Waals surface area contributed by atoms with Gasteiger partial charge in [-0.15, -0.1) is 0 Å². The summed E-state index contributed by atoms with van der Waals surface area (Å²) in [6.45, 7) is 2.69. The molecule has 6 heteroatoms. The number of methoxy groups -OCH3 is 2. The Morgan fingerprint density at radius 2 is 2.13 bits per heavy atom. The summed E-state index contributed by atoms with van der Waals surface area (Å²) in [7, 11) is 3.20. The molecule has 0 aromatic carbocycles. The molecule has 0 aliphatic carbocycles. The van der Waals surface area contributed by atoms with Crippen LogP contribution in [0.15, 0.2) is 4.52 Å². The summed E-state index contributed by atoms with van der Waals surface area (Å²) in [6, 6.07) is 0. The highest BCUT2D eigenvalue weighted by atomic mass is 16.5. The molecule has 0 spiro atoms. The van der Waals surface area contributed by atoms with Gasteiger partial charge in [-0.2, -0.15) is 4.98 Å². The topological polar surface area (TPSA) is 83.4 Å². The molecule has 6 nitrogen and oxygen atoms in total. The fourth-order valence-electron chi connectivity index (χ4n) is 1.14. The second kappa shape index (κ2) is 5.20. The SMILES string of the molecule is COCCc1nc(C(C)(N)COC)no1. The molecular weight excluding hydrogens is 198 g/mol. The Morgan fingerprint density at radius 1 is 1.40 bits per heavy atom. The molecule has 0 amide bonds. The first-order valence-corrected chi connectivity index (χ1v) is 4.70. The van der Waals surface area contributed by atoms with Crippen molar-refractivity contribution in [2.24, 2.45) is 5.73 Å². The summed E-state index contributed by atoms with van der Waals surface area (Å²) in [5, 5.41) is 3.81. The zero-order chi connectivity index (χ0) is 11.3. The lowest BCUT2D eigenvalue weighted by Crippen LogP contribution is -2.39. The Hall–Kier alpha value is -0.980. The first kappa shape index (κ1) is 12.1. The zero-order valence-electron chi connectivity index (χ0n) is 9.32. The highest BCUT2D eigenvalue weighted by Crippen LogP contribution is 2.14. The first-order valence-electron chi connectivity index (χ1n) is 4.70. The third-order valence-electron chi connectivity index (χ3n) is 1.94. The minimum absolute atomic E-state index is 0.344. The summed E-state index contributed by atoms with van der Waals surface area (Å²) in [5.41, 5.74) is 5.23. The van der Waals surface area contributed by atoms with Crippen molar-refractivity contribution in [1.82, 2.24) is 10.1 Å². The highest BCUT2D eigenvalue weighted by molar-refractivity contribution is 5.01. The lowest BCUT2D eigenvalue weighted by Gasteiger charge is -2.18. The van der Waals surface area contributed by atoms with Gasteiger partial charge in [0.15, 0.2) is 5.82 Å². The van der Waals surface area contributed by atoms with Crippen molar-refractivity contribution < 1.29 is 14.0 Å². The second-order valence-corrected chi connectivity index (χ2v) is 3.61. The Balaban J connectivity index is 2.66. The van der Waals surface area contributed by atoms with Gasteiger partial charge < -0.3 is 19.7 Å². The van der Waals surface area contributed by atoms with E-state index in [-0.39, 0.29) is 0 Å². The third kappa shape index (κ3) is 3.26. The lowest BCUT2D eigenvalue weighted by atomic mass is 10.1. The van der Waals surface area contributed by atoms with E-state index in [1.807, 2.05) is 0 Å². The number of nitrogens with zero attached hydrogens (tertiary/aromatic N) is 2. The Labute approximate surface area is 88.7 Å². The average molecular weight is 215 g/mol. The van der Waals surface area contributed by atoms with Crippen LogP contribution in [-0.2, 0) is 21.4 Å². The number of rotatable bonds is 6. The van der Waals surface area contributed by atoms with Crippen LogP contribution in [0.4, 0.5) is 0 Å². The second-order valence-electron chi connectivity index (χ2n) is 3.61. The van der Waals surface area contributed by atoms with Crippen molar-refractivity contribution in [2.45, 2.75) is 18.9 Å². The van der Waals surface area contributed by atoms with Crippen LogP contribution in [0.5, 0.6) is 0 Å². The normalized spacial score (nSPS) is 15.2. The van der Waals surface area contributed by atoms with Crippen molar-refractivity contribution in [3.63, 3.8) is 0 Å². The van der Waals surface area contributed by atoms with Gasteiger partial charge in [0, 0.05) is 14.2 Å². The van der Waals surface area contributed by atoms with Crippen LogP contribution >= 0.6 is 0 Å². The Kier molecular flexibility index (Phi) is 4.19. The maximum atomic E-state index is 5.95. The molecular formula is C9H17N3O3. The minimum atomic E-state index is -0.719. The standard InChI is InChI=1S/C9H17N3O3/c1-9(10,6-14-3)8-11-7(15-12-8)4-5-13-2/h4-6,10H2,1-3H3. The van der Waals surface area contributed by atoms with Gasteiger partial charge in [0.1, 0.15) is 5.54 Å². The summed E-state index contributed by atoms with van der Waals surface area (Å²) >= 11 is 0. The van der Waals surface area contributed by atoms with E-state index >= 15 is 0 Å². The molecule has 0 saturated heterocycles. The van der Waals surface area contributed by atoms with E-state index in [9.17, 15) is 0 Å². The monoisotopic (exact) mass is 215 g/mol. The van der Waals surface area contributed by atoms with Gasteiger partial charge >= 0.3 is 0 Å². The van der Waals surface area contributed by atoms with Gasteiger partial charge in [0.2, 0.25) is 5.89 Å². The molecule has 1 aromatic heterocycles. The number of ether oxygens (including phenoxy) is 2. The van der Waals surface area contributed by atoms with Crippen LogP contribution < -0.4 is 5.73 Å². The zero-order valence-corrected chi connectivity index (χ0v) is 9.32. The Morgan fingerprint density at radius 3 is 2.73 bits per heavy atom. The molecule has 15 heavy (non-hydrogen) atoms. The Bertz CT molecular complexity index is 299. The molecule has 0 aliphatic rings. The molecule has 0 aliphatic heterocycles. The van der Waals surface area contributed by atoms with Crippen LogP contribution in [0.2, 0.25) is 0 Å². The van der Waals surface area contributed by atoms with Gasteiger partial charge in [-0.05, 0) is 6.92 Å². The van der Waals surface area contributed by atoms with Crippen molar-refractivity contribution in [3.05, 3.63) is 11.7 Å².